The van der Waals surface area contributed by atoms with E-state index in [1.165, 1.54) is 11.6 Å². The van der Waals surface area contributed by atoms with E-state index in [1.807, 2.05) is 22.7 Å². The van der Waals surface area contributed by atoms with Crippen molar-refractivity contribution < 1.29 is 19.1 Å². The SMILES string of the molecule is Cc1cc(CNC(=O)c2cn3cc(-c4ccc(C5CCC(CC(=O)O)CC5)cc4)ccc3n2)ccc1F. The van der Waals surface area contributed by atoms with Gasteiger partial charge in [-0.25, -0.2) is 9.37 Å². The molecule has 0 atom stereocenters. The van der Waals surface area contributed by atoms with Crippen molar-refractivity contribution in [2.75, 3.05) is 0 Å². The molecule has 1 aliphatic rings. The van der Waals surface area contributed by atoms with E-state index in [1.54, 1.807) is 25.3 Å². The summed E-state index contributed by atoms with van der Waals surface area (Å²) >= 11 is 0. The van der Waals surface area contributed by atoms with Crippen LogP contribution in [0.4, 0.5) is 4.39 Å². The Morgan fingerprint density at radius 1 is 1.00 bits per heavy atom. The number of hydrogen-bond donors (Lipinski definition) is 2. The number of hydrogen-bond acceptors (Lipinski definition) is 3. The van der Waals surface area contributed by atoms with Crippen molar-refractivity contribution in [3.63, 3.8) is 0 Å². The molecule has 1 fully saturated rings. The number of rotatable bonds is 7. The molecule has 2 N–H and O–H groups in total. The largest absolute Gasteiger partial charge is 0.481 e. The number of aromatic nitrogens is 2. The van der Waals surface area contributed by atoms with Crippen LogP contribution < -0.4 is 5.32 Å². The van der Waals surface area contributed by atoms with E-state index in [9.17, 15) is 14.0 Å². The summed E-state index contributed by atoms with van der Waals surface area (Å²) in [5, 5.41) is 11.9. The molecule has 4 aromatic rings. The van der Waals surface area contributed by atoms with Crippen molar-refractivity contribution in [3.8, 4) is 11.1 Å². The number of aliphatic carboxylic acids is 1. The first-order valence-electron chi connectivity index (χ1n) is 12.7. The number of nitrogens with one attached hydrogen (secondary N) is 1. The molecule has 0 bridgehead atoms. The molecule has 0 unspecified atom stereocenters. The van der Waals surface area contributed by atoms with Crippen LogP contribution in [-0.4, -0.2) is 26.4 Å². The van der Waals surface area contributed by atoms with Crippen molar-refractivity contribution in [3.05, 3.63) is 95.2 Å². The van der Waals surface area contributed by atoms with Crippen LogP contribution >= 0.6 is 0 Å². The highest BCUT2D eigenvalue weighted by Crippen LogP contribution is 2.37. The minimum Gasteiger partial charge on any atom is -0.481 e. The average Bonchev–Trinajstić information content (AvgIpc) is 3.33. The summed E-state index contributed by atoms with van der Waals surface area (Å²) in [5.41, 5.74) is 5.79. The summed E-state index contributed by atoms with van der Waals surface area (Å²) in [6.45, 7) is 2.00. The minimum atomic E-state index is -0.699. The van der Waals surface area contributed by atoms with Crippen molar-refractivity contribution in [1.82, 2.24) is 14.7 Å². The Morgan fingerprint density at radius 3 is 2.43 bits per heavy atom. The molecule has 0 aliphatic heterocycles. The second-order valence-corrected chi connectivity index (χ2v) is 10.0. The number of imidazole rings is 1. The normalized spacial score (nSPS) is 17.6. The number of carboxylic acid groups (broad SMARTS) is 1. The molecule has 1 amide bonds. The highest BCUT2D eigenvalue weighted by atomic mass is 19.1. The van der Waals surface area contributed by atoms with Gasteiger partial charge in [-0.1, -0.05) is 36.4 Å². The summed E-state index contributed by atoms with van der Waals surface area (Å²) in [6.07, 6.45) is 7.96. The Hall–Kier alpha value is -4.00. The van der Waals surface area contributed by atoms with Crippen LogP contribution in [0.1, 0.15) is 65.2 Å². The molecule has 2 aromatic carbocycles. The second kappa shape index (κ2) is 10.5. The Morgan fingerprint density at radius 2 is 1.73 bits per heavy atom. The fourth-order valence-corrected chi connectivity index (χ4v) is 5.26. The number of halogens is 1. The summed E-state index contributed by atoms with van der Waals surface area (Å²) < 4.78 is 15.3. The number of benzene rings is 2. The number of carboxylic acids is 1. The lowest BCUT2D eigenvalue weighted by Gasteiger charge is -2.28. The zero-order valence-electron chi connectivity index (χ0n) is 20.8. The molecule has 190 valence electrons. The van der Waals surface area contributed by atoms with Gasteiger partial charge in [0.2, 0.25) is 0 Å². The molecule has 0 spiro atoms. The quantitative estimate of drug-likeness (QED) is 0.321. The van der Waals surface area contributed by atoms with E-state index in [4.69, 9.17) is 5.11 Å². The summed E-state index contributed by atoms with van der Waals surface area (Å²) in [6, 6.07) is 17.3. The Labute approximate surface area is 215 Å². The summed E-state index contributed by atoms with van der Waals surface area (Å²) in [5.74, 6) is -0.463. The maximum atomic E-state index is 13.5. The van der Waals surface area contributed by atoms with E-state index in [0.717, 1.165) is 42.4 Å². The minimum absolute atomic E-state index is 0.263. The molecule has 37 heavy (non-hydrogen) atoms. The maximum absolute atomic E-state index is 13.5. The van der Waals surface area contributed by atoms with Crippen LogP contribution in [0, 0.1) is 18.7 Å². The van der Waals surface area contributed by atoms with Gasteiger partial charge in [0.05, 0.1) is 0 Å². The lowest BCUT2D eigenvalue weighted by molar-refractivity contribution is -0.138. The number of pyridine rings is 1. The van der Waals surface area contributed by atoms with Crippen molar-refractivity contribution in [2.24, 2.45) is 5.92 Å². The summed E-state index contributed by atoms with van der Waals surface area (Å²) in [7, 11) is 0. The van der Waals surface area contributed by atoms with Gasteiger partial charge >= 0.3 is 5.97 Å². The van der Waals surface area contributed by atoms with Crippen molar-refractivity contribution >= 4 is 17.5 Å². The lowest BCUT2D eigenvalue weighted by atomic mass is 9.77. The molecule has 0 saturated heterocycles. The van der Waals surface area contributed by atoms with Gasteiger partial charge in [-0.05, 0) is 90.5 Å². The molecular formula is C30H30FN3O3. The number of carbonyl (C=O) groups excluding carboxylic acids is 1. The van der Waals surface area contributed by atoms with E-state index in [-0.39, 0.29) is 18.1 Å². The monoisotopic (exact) mass is 499 g/mol. The van der Waals surface area contributed by atoms with Gasteiger partial charge in [-0.2, -0.15) is 0 Å². The topological polar surface area (TPSA) is 83.7 Å². The number of carbonyl (C=O) groups is 2. The van der Waals surface area contributed by atoms with Gasteiger partial charge in [0.1, 0.15) is 17.2 Å². The van der Waals surface area contributed by atoms with Crippen LogP contribution in [0.5, 0.6) is 0 Å². The average molecular weight is 500 g/mol. The third-order valence-corrected chi connectivity index (χ3v) is 7.38. The third-order valence-electron chi connectivity index (χ3n) is 7.38. The lowest BCUT2D eigenvalue weighted by Crippen LogP contribution is -2.23. The standard InChI is InChI=1S/C30H30FN3O3/c1-19-14-21(4-12-26(19)31)16-32-30(37)27-18-34-17-25(11-13-28(34)33-27)24-9-7-23(8-10-24)22-5-2-20(3-6-22)15-29(35)36/h4,7-14,17-18,20,22H,2-3,5-6,15-16H2,1H3,(H,32,37)(H,35,36). The molecule has 6 nitrogen and oxygen atoms in total. The van der Waals surface area contributed by atoms with Crippen molar-refractivity contribution in [1.29, 1.82) is 0 Å². The molecular weight excluding hydrogens is 469 g/mol. The van der Waals surface area contributed by atoms with Crippen molar-refractivity contribution in [2.45, 2.75) is 51.5 Å². The van der Waals surface area contributed by atoms with E-state index < -0.39 is 5.97 Å². The van der Waals surface area contributed by atoms with E-state index in [0.29, 0.717) is 35.3 Å². The summed E-state index contributed by atoms with van der Waals surface area (Å²) in [4.78, 5) is 28.1. The maximum Gasteiger partial charge on any atom is 0.303 e. The Bertz CT molecular complexity index is 1440. The van der Waals surface area contributed by atoms with Gasteiger partial charge in [0, 0.05) is 25.4 Å². The van der Waals surface area contributed by atoms with Gasteiger partial charge in [-0.3, -0.25) is 9.59 Å². The number of nitrogens with zero attached hydrogens (tertiary/aromatic N) is 2. The first kappa shape index (κ1) is 24.7. The zero-order valence-corrected chi connectivity index (χ0v) is 20.8. The molecule has 1 saturated carbocycles. The first-order valence-corrected chi connectivity index (χ1v) is 12.7. The fraction of sp³-hybridized carbons (Fsp3) is 0.300. The number of amides is 1. The first-order chi connectivity index (χ1) is 17.9. The van der Waals surface area contributed by atoms with Crippen LogP contribution in [0.25, 0.3) is 16.8 Å². The Kier molecular flexibility index (Phi) is 7.04. The molecule has 7 heteroatoms. The Balaban J connectivity index is 1.24. The zero-order chi connectivity index (χ0) is 25.9. The van der Waals surface area contributed by atoms with E-state index in [2.05, 4.69) is 34.6 Å². The third kappa shape index (κ3) is 5.71. The van der Waals surface area contributed by atoms with Crippen LogP contribution in [0.3, 0.4) is 0 Å². The van der Waals surface area contributed by atoms with Gasteiger partial charge in [-0.15, -0.1) is 0 Å². The second-order valence-electron chi connectivity index (χ2n) is 10.0. The van der Waals surface area contributed by atoms with Gasteiger partial charge in [0.25, 0.3) is 5.91 Å². The van der Waals surface area contributed by atoms with Crippen LogP contribution in [0.2, 0.25) is 0 Å². The number of aryl methyl sites for hydroxylation is 1. The molecule has 1 aliphatic carbocycles. The predicted octanol–water partition coefficient (Wildman–Crippen LogP) is 6.13. The molecule has 2 aromatic heterocycles. The smallest absolute Gasteiger partial charge is 0.303 e. The molecule has 0 radical (unpaired) electrons. The fourth-order valence-electron chi connectivity index (χ4n) is 5.26. The highest BCUT2D eigenvalue weighted by molar-refractivity contribution is 5.92. The predicted molar refractivity (Wildman–Crippen MR) is 140 cm³/mol. The van der Waals surface area contributed by atoms with Gasteiger partial charge < -0.3 is 14.8 Å². The van der Waals surface area contributed by atoms with Crippen LogP contribution in [0.15, 0.2) is 67.0 Å². The highest BCUT2D eigenvalue weighted by Gasteiger charge is 2.24. The molecule has 5 rings (SSSR count). The van der Waals surface area contributed by atoms with E-state index >= 15 is 0 Å². The van der Waals surface area contributed by atoms with Crippen LogP contribution in [-0.2, 0) is 11.3 Å². The number of fused-ring (bicyclic) bond motifs is 1. The van der Waals surface area contributed by atoms with Gasteiger partial charge in [0.15, 0.2) is 0 Å². The molecule has 2 heterocycles.